The maximum Gasteiger partial charge on any atom is 0.337 e. The van der Waals surface area contributed by atoms with E-state index in [1.165, 1.54) is 31.5 Å². The predicted octanol–water partition coefficient (Wildman–Crippen LogP) is 3.12. The Bertz CT molecular complexity index is 1360. The molecule has 2 N–H and O–H groups in total. The van der Waals surface area contributed by atoms with Crippen LogP contribution in [0.1, 0.15) is 26.4 Å². The summed E-state index contributed by atoms with van der Waals surface area (Å²) in [7, 11) is 1.50. The third-order valence-corrected chi connectivity index (χ3v) is 4.53. The highest BCUT2D eigenvalue weighted by Crippen LogP contribution is 2.35. The lowest BCUT2D eigenvalue weighted by molar-refractivity contribution is 0.0698. The van der Waals surface area contributed by atoms with E-state index in [1.807, 2.05) is 6.07 Å². The normalized spacial score (nSPS) is 10.5. The van der Waals surface area contributed by atoms with Crippen LogP contribution in [0.2, 0.25) is 0 Å². The highest BCUT2D eigenvalue weighted by atomic mass is 16.5. The van der Waals surface area contributed by atoms with Gasteiger partial charge in [0.15, 0.2) is 11.3 Å². The number of hydrogen-bond acceptors (Lipinski definition) is 8. The summed E-state index contributed by atoms with van der Waals surface area (Å²) in [6.45, 7) is 0. The quantitative estimate of drug-likeness (QED) is 0.501. The van der Waals surface area contributed by atoms with Crippen LogP contribution in [0.5, 0.6) is 5.75 Å². The van der Waals surface area contributed by atoms with Crippen molar-refractivity contribution >= 4 is 28.5 Å². The van der Waals surface area contributed by atoms with Crippen LogP contribution < -0.4 is 10.1 Å². The first-order valence-electron chi connectivity index (χ1n) is 8.85. The van der Waals surface area contributed by atoms with Gasteiger partial charge in [0.05, 0.1) is 47.8 Å². The lowest BCUT2D eigenvalue weighted by Crippen LogP contribution is -2.15. The van der Waals surface area contributed by atoms with E-state index < -0.39 is 11.9 Å². The van der Waals surface area contributed by atoms with Gasteiger partial charge in [-0.1, -0.05) is 5.16 Å². The molecule has 31 heavy (non-hydrogen) atoms. The Morgan fingerprint density at radius 3 is 2.71 bits per heavy atom. The lowest BCUT2D eigenvalue weighted by atomic mass is 10.0. The number of benzene rings is 2. The van der Waals surface area contributed by atoms with Crippen molar-refractivity contribution in [2.24, 2.45) is 0 Å². The fourth-order valence-electron chi connectivity index (χ4n) is 3.06. The molecule has 10 nitrogen and oxygen atoms in total. The van der Waals surface area contributed by atoms with E-state index in [2.05, 4.69) is 20.7 Å². The number of carboxylic acids is 1. The zero-order chi connectivity index (χ0) is 22.0. The van der Waals surface area contributed by atoms with Crippen LogP contribution in [0, 0.1) is 11.3 Å². The Balaban J connectivity index is 1.76. The smallest absolute Gasteiger partial charge is 0.337 e. The Morgan fingerprint density at radius 1 is 1.19 bits per heavy atom. The van der Waals surface area contributed by atoms with Crippen molar-refractivity contribution in [3.05, 3.63) is 65.6 Å². The number of anilines is 1. The van der Waals surface area contributed by atoms with E-state index in [9.17, 15) is 14.7 Å². The summed E-state index contributed by atoms with van der Waals surface area (Å²) in [5, 5.41) is 32.7. The number of nitrogens with one attached hydrogen (secondary N) is 1. The van der Waals surface area contributed by atoms with Crippen molar-refractivity contribution in [1.82, 2.24) is 15.4 Å². The summed E-state index contributed by atoms with van der Waals surface area (Å²) < 4.78 is 10.7. The molecule has 152 valence electrons. The van der Waals surface area contributed by atoms with Gasteiger partial charge in [0.1, 0.15) is 5.75 Å². The van der Waals surface area contributed by atoms with E-state index in [0.29, 0.717) is 27.8 Å². The molecule has 2 aromatic heterocycles. The van der Waals surface area contributed by atoms with Crippen molar-refractivity contribution in [2.45, 2.75) is 0 Å². The lowest BCUT2D eigenvalue weighted by Gasteiger charge is -2.09. The van der Waals surface area contributed by atoms with Crippen molar-refractivity contribution in [3.8, 4) is 22.9 Å². The number of nitrogens with zero attached hydrogens (tertiary/aromatic N) is 4. The molecule has 0 spiro atoms. The van der Waals surface area contributed by atoms with E-state index in [1.54, 1.807) is 24.4 Å². The average Bonchev–Trinajstić information content (AvgIpc) is 3.21. The van der Waals surface area contributed by atoms with E-state index in [-0.39, 0.29) is 22.5 Å². The molecule has 2 heterocycles. The molecule has 0 fully saturated rings. The molecule has 0 bridgehead atoms. The maximum absolute atomic E-state index is 12.9. The Kier molecular flexibility index (Phi) is 4.99. The first-order chi connectivity index (χ1) is 15.0. The zero-order valence-corrected chi connectivity index (χ0v) is 16.0. The van der Waals surface area contributed by atoms with Gasteiger partial charge < -0.3 is 19.7 Å². The topological polar surface area (TPSA) is 151 Å². The largest absolute Gasteiger partial charge is 0.496 e. The van der Waals surface area contributed by atoms with E-state index in [4.69, 9.17) is 14.5 Å². The molecule has 2 aromatic carbocycles. The fraction of sp³-hybridized carbons (Fsp3) is 0.0476. The number of ether oxygens (including phenoxy) is 1. The van der Waals surface area contributed by atoms with E-state index >= 15 is 0 Å². The first-order valence-corrected chi connectivity index (χ1v) is 8.85. The van der Waals surface area contributed by atoms with Gasteiger partial charge in [-0.2, -0.15) is 15.5 Å². The number of methoxy groups -OCH3 is 1. The van der Waals surface area contributed by atoms with E-state index in [0.717, 1.165) is 0 Å². The van der Waals surface area contributed by atoms with Crippen LogP contribution in [0.3, 0.4) is 0 Å². The van der Waals surface area contributed by atoms with Crippen LogP contribution in [0.25, 0.3) is 22.1 Å². The molecule has 0 aliphatic rings. The standard InChI is InChI=1S/C21H13N5O5/c1-30-17-8-18-15(7-13(17)12-4-5-23-24-10-12)19(26-31-18)20(27)25-16-3-2-11(9-22)6-14(16)21(28)29/h2-8,10H,1H3,(H,25,27)(H,28,29). The minimum Gasteiger partial charge on any atom is -0.496 e. The Hall–Kier alpha value is -4.78. The molecule has 0 saturated heterocycles. The van der Waals surface area contributed by atoms with Gasteiger partial charge in [0, 0.05) is 17.2 Å². The number of carbonyl (C=O) groups excluding carboxylic acids is 1. The molecular weight excluding hydrogens is 402 g/mol. The Morgan fingerprint density at radius 2 is 2.03 bits per heavy atom. The van der Waals surface area contributed by atoms with Gasteiger partial charge in [0.25, 0.3) is 5.91 Å². The second kappa shape index (κ2) is 7.92. The number of nitriles is 1. The maximum atomic E-state index is 12.9. The third kappa shape index (κ3) is 3.63. The zero-order valence-electron chi connectivity index (χ0n) is 16.0. The number of amides is 1. The summed E-state index contributed by atoms with van der Waals surface area (Å²) in [5.41, 5.74) is 1.59. The molecule has 0 aliphatic heterocycles. The number of hydrogen-bond donors (Lipinski definition) is 2. The molecule has 4 aromatic rings. The highest BCUT2D eigenvalue weighted by molar-refractivity contribution is 6.13. The molecule has 10 heteroatoms. The molecule has 0 unspecified atom stereocenters. The van der Waals surface area contributed by atoms with Crippen molar-refractivity contribution < 1.29 is 24.0 Å². The minimum atomic E-state index is -1.28. The summed E-state index contributed by atoms with van der Waals surface area (Å²) in [6.07, 6.45) is 3.07. The van der Waals surface area contributed by atoms with Gasteiger partial charge in [-0.05, 0) is 30.3 Å². The monoisotopic (exact) mass is 415 g/mol. The van der Waals surface area contributed by atoms with Crippen LogP contribution in [0.15, 0.2) is 53.3 Å². The second-order valence-corrected chi connectivity index (χ2v) is 6.34. The molecule has 4 rings (SSSR count). The van der Waals surface area contributed by atoms with Crippen LogP contribution in [0.4, 0.5) is 5.69 Å². The van der Waals surface area contributed by atoms with Gasteiger partial charge >= 0.3 is 5.97 Å². The summed E-state index contributed by atoms with van der Waals surface area (Å²) in [5.74, 6) is -1.46. The SMILES string of the molecule is COc1cc2onc(C(=O)Nc3ccc(C#N)cc3C(=O)O)c2cc1-c1ccnnc1. The van der Waals surface area contributed by atoms with Gasteiger partial charge in [-0.15, -0.1) is 0 Å². The average molecular weight is 415 g/mol. The van der Waals surface area contributed by atoms with Crippen molar-refractivity contribution in [3.63, 3.8) is 0 Å². The molecule has 0 aliphatic carbocycles. The second-order valence-electron chi connectivity index (χ2n) is 6.34. The van der Waals surface area contributed by atoms with Crippen LogP contribution in [-0.4, -0.2) is 39.4 Å². The van der Waals surface area contributed by atoms with Gasteiger partial charge in [0.2, 0.25) is 0 Å². The number of fused-ring (bicyclic) bond motifs is 1. The number of carboxylic acid groups (broad SMARTS) is 1. The van der Waals surface area contributed by atoms with Gasteiger partial charge in [-0.3, -0.25) is 4.79 Å². The first kappa shape index (κ1) is 19.5. The predicted molar refractivity (Wildman–Crippen MR) is 108 cm³/mol. The summed E-state index contributed by atoms with van der Waals surface area (Å²) in [6, 6.07) is 10.8. The molecular formula is C21H13N5O5. The van der Waals surface area contributed by atoms with Gasteiger partial charge in [-0.25, -0.2) is 4.79 Å². The number of rotatable bonds is 5. The summed E-state index contributed by atoms with van der Waals surface area (Å²) in [4.78, 5) is 24.4. The van der Waals surface area contributed by atoms with Crippen molar-refractivity contribution in [1.29, 1.82) is 5.26 Å². The molecule has 0 saturated carbocycles. The highest BCUT2D eigenvalue weighted by Gasteiger charge is 2.21. The molecule has 0 atom stereocenters. The number of aromatic carboxylic acids is 1. The molecule has 0 radical (unpaired) electrons. The van der Waals surface area contributed by atoms with Crippen LogP contribution in [-0.2, 0) is 0 Å². The number of aromatic nitrogens is 3. The minimum absolute atomic E-state index is 0.0275. The van der Waals surface area contributed by atoms with Crippen LogP contribution >= 0.6 is 0 Å². The number of carbonyl (C=O) groups is 2. The molecule has 1 amide bonds. The summed E-state index contributed by atoms with van der Waals surface area (Å²) >= 11 is 0. The van der Waals surface area contributed by atoms with Crippen molar-refractivity contribution in [2.75, 3.05) is 12.4 Å². The third-order valence-electron chi connectivity index (χ3n) is 4.53. The Labute approximate surface area is 174 Å². The fourth-order valence-corrected chi connectivity index (χ4v) is 3.06.